The number of hydrogen-bond donors (Lipinski definition) is 4. The fourth-order valence-corrected chi connectivity index (χ4v) is 7.93. The smallest absolute Gasteiger partial charge is 0.387 e. The minimum absolute atomic E-state index is 0.220. The van der Waals surface area contributed by atoms with Gasteiger partial charge in [0, 0.05) is 6.42 Å². The van der Waals surface area contributed by atoms with Gasteiger partial charge in [-0.1, -0.05) is 251 Å². The molecule has 0 aliphatic carbocycles. The van der Waals surface area contributed by atoms with Gasteiger partial charge in [0.05, 0.1) is 18.8 Å². The number of nitrogens with one attached hydrogen (secondary N) is 1. The third-order valence-electron chi connectivity index (χ3n) is 11.2. The molecule has 0 aromatic heterocycles. The van der Waals surface area contributed by atoms with Crippen molar-refractivity contribution >= 4 is 13.7 Å². The third kappa shape index (κ3) is 44.2. The molecule has 55 heavy (non-hydrogen) atoms. The van der Waals surface area contributed by atoms with Crippen LogP contribution in [0.3, 0.4) is 0 Å². The number of rotatable bonds is 45. The Bertz CT molecular complexity index is 864. The normalized spacial score (nSPS) is 13.2. The van der Waals surface area contributed by atoms with E-state index in [1.165, 1.54) is 205 Å². The van der Waals surface area contributed by atoms with Crippen molar-refractivity contribution in [3.05, 3.63) is 12.2 Å². The lowest BCUT2D eigenvalue weighted by atomic mass is 10.0. The van der Waals surface area contributed by atoms with Crippen molar-refractivity contribution < 1.29 is 28.8 Å². The molecule has 4 N–H and O–H groups in total. The molecule has 7 nitrogen and oxygen atoms in total. The Morgan fingerprint density at radius 2 is 0.800 bits per heavy atom. The van der Waals surface area contributed by atoms with Gasteiger partial charge in [-0.3, -0.25) is 9.32 Å². The summed E-state index contributed by atoms with van der Waals surface area (Å²) in [5, 5.41) is 13.4. The van der Waals surface area contributed by atoms with Crippen molar-refractivity contribution in [2.24, 2.45) is 0 Å². The van der Waals surface area contributed by atoms with E-state index in [9.17, 15) is 24.3 Å². The number of carbonyl (C=O) groups is 1. The van der Waals surface area contributed by atoms with E-state index in [1.54, 1.807) is 6.08 Å². The first kappa shape index (κ1) is 54.3. The van der Waals surface area contributed by atoms with E-state index in [4.69, 9.17) is 0 Å². The number of phosphoric acid groups is 1. The maximum Gasteiger partial charge on any atom is 0.469 e. The number of aliphatic hydroxyl groups excluding tert-OH is 1. The van der Waals surface area contributed by atoms with Crippen LogP contribution in [0.4, 0.5) is 0 Å². The first-order valence-electron chi connectivity index (χ1n) is 24.1. The van der Waals surface area contributed by atoms with E-state index in [0.717, 1.165) is 38.5 Å². The Morgan fingerprint density at radius 1 is 0.509 bits per heavy atom. The molecule has 0 fully saturated rings. The molecule has 2 atom stereocenters. The van der Waals surface area contributed by atoms with Gasteiger partial charge in [-0.15, -0.1) is 0 Å². The molecule has 8 heteroatoms. The average molecular weight is 800 g/mol. The largest absolute Gasteiger partial charge is 0.469 e. The van der Waals surface area contributed by atoms with Crippen molar-refractivity contribution in [3.8, 4) is 0 Å². The van der Waals surface area contributed by atoms with Gasteiger partial charge in [0.15, 0.2) is 0 Å². The summed E-state index contributed by atoms with van der Waals surface area (Å²) in [6.07, 6.45) is 52.5. The summed E-state index contributed by atoms with van der Waals surface area (Å²) in [6.45, 7) is 4.10. The number of phosphoric ester groups is 1. The van der Waals surface area contributed by atoms with Gasteiger partial charge >= 0.3 is 7.82 Å². The van der Waals surface area contributed by atoms with Crippen LogP contribution in [0.1, 0.15) is 264 Å². The molecule has 0 saturated carbocycles. The molecule has 0 aromatic rings. The van der Waals surface area contributed by atoms with Gasteiger partial charge in [-0.2, -0.15) is 0 Å². The van der Waals surface area contributed by atoms with Crippen LogP contribution >= 0.6 is 7.82 Å². The minimum Gasteiger partial charge on any atom is -0.387 e. The van der Waals surface area contributed by atoms with Crippen molar-refractivity contribution in [3.63, 3.8) is 0 Å². The highest BCUT2D eigenvalue weighted by molar-refractivity contribution is 7.46. The van der Waals surface area contributed by atoms with Crippen LogP contribution in [0.15, 0.2) is 12.2 Å². The predicted molar refractivity (Wildman–Crippen MR) is 236 cm³/mol. The summed E-state index contributed by atoms with van der Waals surface area (Å²) in [6, 6.07) is -0.905. The summed E-state index contributed by atoms with van der Waals surface area (Å²) in [5.41, 5.74) is 0. The third-order valence-corrected chi connectivity index (χ3v) is 11.7. The highest BCUT2D eigenvalue weighted by atomic mass is 31.2. The van der Waals surface area contributed by atoms with Crippen LogP contribution in [-0.2, 0) is 13.9 Å². The quantitative estimate of drug-likeness (QED) is 0.0277. The average Bonchev–Trinajstić information content (AvgIpc) is 3.16. The number of carbonyl (C=O) groups excluding carboxylic acids is 1. The molecule has 0 heterocycles. The number of amides is 1. The van der Waals surface area contributed by atoms with Crippen LogP contribution in [0.25, 0.3) is 0 Å². The molecule has 0 aliphatic heterocycles. The lowest BCUT2D eigenvalue weighted by molar-refractivity contribution is -0.123. The monoisotopic (exact) mass is 800 g/mol. The summed E-state index contributed by atoms with van der Waals surface area (Å²) in [7, 11) is -4.71. The zero-order valence-electron chi connectivity index (χ0n) is 36.6. The summed E-state index contributed by atoms with van der Waals surface area (Å²) in [4.78, 5) is 31.0. The molecule has 0 aromatic carbocycles. The molecule has 0 radical (unpaired) electrons. The van der Waals surface area contributed by atoms with E-state index < -0.39 is 26.6 Å². The maximum atomic E-state index is 12.6. The molecule has 0 saturated heterocycles. The van der Waals surface area contributed by atoms with Crippen LogP contribution in [0, 0.1) is 0 Å². The second-order valence-corrected chi connectivity index (χ2v) is 18.0. The van der Waals surface area contributed by atoms with Gasteiger partial charge in [0.25, 0.3) is 0 Å². The van der Waals surface area contributed by atoms with Crippen LogP contribution < -0.4 is 5.32 Å². The van der Waals surface area contributed by atoms with Crippen molar-refractivity contribution in [1.29, 1.82) is 0 Å². The van der Waals surface area contributed by atoms with E-state index in [1.807, 2.05) is 6.08 Å². The lowest BCUT2D eigenvalue weighted by Crippen LogP contribution is -2.45. The Balaban J connectivity index is 3.80. The van der Waals surface area contributed by atoms with Gasteiger partial charge in [-0.05, 0) is 19.3 Å². The van der Waals surface area contributed by atoms with E-state index in [2.05, 4.69) is 23.7 Å². The number of hydrogen-bond acceptors (Lipinski definition) is 4. The molecule has 0 rings (SSSR count). The summed E-state index contributed by atoms with van der Waals surface area (Å²) in [5.74, 6) is -0.220. The highest BCUT2D eigenvalue weighted by Crippen LogP contribution is 2.36. The van der Waals surface area contributed by atoms with Gasteiger partial charge in [-0.25, -0.2) is 4.57 Å². The number of allylic oxidation sites excluding steroid dienone is 1. The zero-order chi connectivity index (χ0) is 40.3. The van der Waals surface area contributed by atoms with Gasteiger partial charge in [0.1, 0.15) is 0 Å². The van der Waals surface area contributed by atoms with E-state index >= 15 is 0 Å². The molecule has 1 amide bonds. The minimum atomic E-state index is -4.71. The second-order valence-electron chi connectivity index (χ2n) is 16.8. The van der Waals surface area contributed by atoms with Crippen molar-refractivity contribution in [2.75, 3.05) is 6.61 Å². The molecule has 0 unspecified atom stereocenters. The summed E-state index contributed by atoms with van der Waals surface area (Å²) < 4.78 is 16.0. The molecule has 0 spiro atoms. The topological polar surface area (TPSA) is 116 Å². The van der Waals surface area contributed by atoms with Crippen molar-refractivity contribution in [2.45, 2.75) is 276 Å². The molecular weight excluding hydrogens is 705 g/mol. The van der Waals surface area contributed by atoms with Crippen LogP contribution in [-0.4, -0.2) is 39.6 Å². The summed E-state index contributed by atoms with van der Waals surface area (Å²) >= 11 is 0. The molecule has 328 valence electrons. The zero-order valence-corrected chi connectivity index (χ0v) is 37.5. The Morgan fingerprint density at radius 3 is 1.11 bits per heavy atom. The molecule has 0 aliphatic rings. The van der Waals surface area contributed by atoms with E-state index in [-0.39, 0.29) is 5.91 Å². The van der Waals surface area contributed by atoms with Crippen molar-refractivity contribution in [1.82, 2.24) is 5.32 Å². The lowest BCUT2D eigenvalue weighted by Gasteiger charge is -2.22. The first-order chi connectivity index (χ1) is 26.8. The Labute approximate surface area is 342 Å². The molecular formula is C47H94NO6P. The Kier molecular flexibility index (Phi) is 42.3. The fraction of sp³-hybridized carbons (Fsp3) is 0.936. The number of aliphatic hydroxyl groups is 1. The fourth-order valence-electron chi connectivity index (χ4n) is 7.58. The van der Waals surface area contributed by atoms with E-state index in [0.29, 0.717) is 6.42 Å². The first-order valence-corrected chi connectivity index (χ1v) is 25.7. The SMILES string of the molecule is CCCCCCCCCCCCCCC/C=C/[C@@H](O)[C@H](COP(=O)(O)O)NC(=O)CCCCCCCCCCCCCCCCCCCCCCCCCC. The standard InChI is InChI=1S/C47H94NO6P/c1-3-5-7-9-11-13-15-17-19-20-21-22-23-24-25-26-27-29-31-33-35-37-39-41-43-47(50)48-45(44-54-55(51,52)53)46(49)42-40-38-36-34-32-30-28-18-16-14-12-10-8-6-4-2/h40,42,45-46,49H,3-39,41,43-44H2,1-2H3,(H,48,50)(H2,51,52,53)/b42-40+/t45-,46+/m0/s1. The predicted octanol–water partition coefficient (Wildman–Crippen LogP) is 14.8. The van der Waals surface area contributed by atoms with Crippen LogP contribution in [0.5, 0.6) is 0 Å². The Hall–Kier alpha value is -0.720. The second kappa shape index (κ2) is 42.9. The number of unbranched alkanes of at least 4 members (excludes halogenated alkanes) is 36. The molecule has 0 bridgehead atoms. The maximum absolute atomic E-state index is 12.6. The highest BCUT2D eigenvalue weighted by Gasteiger charge is 2.24. The van der Waals surface area contributed by atoms with Gasteiger partial charge < -0.3 is 20.2 Å². The van der Waals surface area contributed by atoms with Crippen LogP contribution in [0.2, 0.25) is 0 Å². The van der Waals surface area contributed by atoms with Gasteiger partial charge in [0.2, 0.25) is 5.91 Å².